The number of likely N-dealkylation sites (N-methyl/N-ethyl adjacent to an activating group) is 1. The molecule has 5 heteroatoms. The van der Waals surface area contributed by atoms with E-state index >= 15 is 0 Å². The summed E-state index contributed by atoms with van der Waals surface area (Å²) in [6.07, 6.45) is 3.48. The van der Waals surface area contributed by atoms with Crippen molar-refractivity contribution in [2.24, 2.45) is 0 Å². The van der Waals surface area contributed by atoms with Crippen molar-refractivity contribution >= 4 is 11.6 Å². The Kier molecular flexibility index (Phi) is 4.95. The molecule has 1 unspecified atom stereocenters. The predicted octanol–water partition coefficient (Wildman–Crippen LogP) is 1.08. The van der Waals surface area contributed by atoms with Gasteiger partial charge in [0.2, 0.25) is 5.91 Å². The summed E-state index contributed by atoms with van der Waals surface area (Å²) in [7, 11) is 1.76. The fourth-order valence-electron chi connectivity index (χ4n) is 1.79. The van der Waals surface area contributed by atoms with E-state index in [1.165, 1.54) is 22.9 Å². The summed E-state index contributed by atoms with van der Waals surface area (Å²) in [5, 5.41) is 0. The lowest BCUT2D eigenvalue weighted by Crippen LogP contribution is -2.39. The van der Waals surface area contributed by atoms with Crippen molar-refractivity contribution in [2.45, 2.75) is 39.3 Å². The van der Waals surface area contributed by atoms with E-state index in [4.69, 9.17) is 5.73 Å². The molecule has 0 aliphatic rings. The number of rotatable bonds is 5. The topological polar surface area (TPSA) is 68.3 Å². The highest BCUT2D eigenvalue weighted by atomic mass is 16.2. The van der Waals surface area contributed by atoms with E-state index in [2.05, 4.69) is 6.92 Å². The number of nitrogen functional groups attached to an aromatic ring is 1. The van der Waals surface area contributed by atoms with Crippen LogP contribution in [0.4, 0.5) is 5.69 Å². The van der Waals surface area contributed by atoms with E-state index in [1.807, 2.05) is 6.92 Å². The Labute approximate surface area is 107 Å². The molecule has 0 aliphatic carbocycles. The van der Waals surface area contributed by atoms with Gasteiger partial charge in [-0.25, -0.2) is 0 Å². The molecule has 0 saturated carbocycles. The molecular weight excluding hydrogens is 230 g/mol. The van der Waals surface area contributed by atoms with Crippen molar-refractivity contribution in [1.29, 1.82) is 0 Å². The van der Waals surface area contributed by atoms with Gasteiger partial charge in [-0.3, -0.25) is 9.59 Å². The molecule has 0 bridgehead atoms. The molecular formula is C13H21N3O2. The molecule has 1 amide bonds. The standard InChI is InChI=1S/C13H21N3O2/c1-4-5-10(2)15(3)13(18)9-16-8-11(14)6-7-12(16)17/h6-8,10H,4-5,9,14H2,1-3H3. The normalized spacial score (nSPS) is 12.2. The number of hydrogen-bond donors (Lipinski definition) is 1. The SMILES string of the molecule is CCCC(C)N(C)C(=O)Cn1cc(N)ccc1=O. The first kappa shape index (κ1) is 14.3. The van der Waals surface area contributed by atoms with Crippen LogP contribution in [0, 0.1) is 0 Å². The van der Waals surface area contributed by atoms with Gasteiger partial charge in [0.05, 0.1) is 0 Å². The molecule has 5 nitrogen and oxygen atoms in total. The lowest BCUT2D eigenvalue weighted by molar-refractivity contribution is -0.132. The minimum absolute atomic E-state index is 0.0361. The van der Waals surface area contributed by atoms with Gasteiger partial charge in [0.25, 0.3) is 5.56 Å². The largest absolute Gasteiger partial charge is 0.398 e. The Morgan fingerprint density at radius 3 is 2.78 bits per heavy atom. The molecule has 1 atom stereocenters. The average molecular weight is 251 g/mol. The van der Waals surface area contributed by atoms with Crippen LogP contribution in [-0.2, 0) is 11.3 Å². The second-order valence-corrected chi connectivity index (χ2v) is 4.57. The van der Waals surface area contributed by atoms with Crippen LogP contribution in [0.25, 0.3) is 0 Å². The lowest BCUT2D eigenvalue weighted by Gasteiger charge is -2.25. The Bertz CT molecular complexity index is 468. The molecule has 0 radical (unpaired) electrons. The highest BCUT2D eigenvalue weighted by molar-refractivity contribution is 5.76. The second kappa shape index (κ2) is 6.23. The summed E-state index contributed by atoms with van der Waals surface area (Å²) < 4.78 is 1.34. The fourth-order valence-corrected chi connectivity index (χ4v) is 1.79. The van der Waals surface area contributed by atoms with Gasteiger partial charge >= 0.3 is 0 Å². The number of anilines is 1. The van der Waals surface area contributed by atoms with Crippen molar-refractivity contribution in [1.82, 2.24) is 9.47 Å². The minimum Gasteiger partial charge on any atom is -0.398 e. The van der Waals surface area contributed by atoms with Crippen molar-refractivity contribution in [2.75, 3.05) is 12.8 Å². The molecule has 0 spiro atoms. The zero-order valence-corrected chi connectivity index (χ0v) is 11.2. The van der Waals surface area contributed by atoms with Gasteiger partial charge in [-0.15, -0.1) is 0 Å². The number of nitrogens with two attached hydrogens (primary N) is 1. The van der Waals surface area contributed by atoms with E-state index in [0.717, 1.165) is 12.8 Å². The maximum Gasteiger partial charge on any atom is 0.251 e. The average Bonchev–Trinajstić information content (AvgIpc) is 2.33. The number of aromatic nitrogens is 1. The second-order valence-electron chi connectivity index (χ2n) is 4.57. The third-order valence-electron chi connectivity index (χ3n) is 3.07. The summed E-state index contributed by atoms with van der Waals surface area (Å²) >= 11 is 0. The molecule has 1 aromatic heterocycles. The molecule has 0 saturated heterocycles. The zero-order chi connectivity index (χ0) is 13.7. The van der Waals surface area contributed by atoms with Crippen LogP contribution in [0.15, 0.2) is 23.1 Å². The maximum absolute atomic E-state index is 12.0. The van der Waals surface area contributed by atoms with Crippen LogP contribution in [0.2, 0.25) is 0 Å². The number of hydrogen-bond acceptors (Lipinski definition) is 3. The number of nitrogens with zero attached hydrogens (tertiary/aromatic N) is 2. The number of carbonyl (C=O) groups is 1. The molecule has 1 aromatic rings. The summed E-state index contributed by atoms with van der Waals surface area (Å²) in [6.45, 7) is 4.12. The van der Waals surface area contributed by atoms with Crippen molar-refractivity contribution in [3.63, 3.8) is 0 Å². The maximum atomic E-state index is 12.0. The molecule has 18 heavy (non-hydrogen) atoms. The van der Waals surface area contributed by atoms with E-state index < -0.39 is 0 Å². The third kappa shape index (κ3) is 3.61. The Hall–Kier alpha value is -1.78. The molecule has 0 aliphatic heterocycles. The number of pyridine rings is 1. The number of carbonyl (C=O) groups excluding carboxylic acids is 1. The molecule has 0 fully saturated rings. The molecule has 2 N–H and O–H groups in total. The zero-order valence-electron chi connectivity index (χ0n) is 11.2. The quantitative estimate of drug-likeness (QED) is 0.851. The van der Waals surface area contributed by atoms with Crippen molar-refractivity contribution in [3.8, 4) is 0 Å². The first-order valence-electron chi connectivity index (χ1n) is 6.17. The highest BCUT2D eigenvalue weighted by Crippen LogP contribution is 2.05. The van der Waals surface area contributed by atoms with Crippen LogP contribution in [-0.4, -0.2) is 28.5 Å². The van der Waals surface area contributed by atoms with Crippen LogP contribution in [0.1, 0.15) is 26.7 Å². The summed E-state index contributed by atoms with van der Waals surface area (Å²) in [4.78, 5) is 25.3. The first-order chi connectivity index (χ1) is 8.45. The third-order valence-corrected chi connectivity index (χ3v) is 3.07. The molecule has 1 rings (SSSR count). The smallest absolute Gasteiger partial charge is 0.251 e. The van der Waals surface area contributed by atoms with Crippen LogP contribution in [0.5, 0.6) is 0 Å². The Morgan fingerprint density at radius 1 is 1.50 bits per heavy atom. The van der Waals surface area contributed by atoms with Crippen LogP contribution in [0.3, 0.4) is 0 Å². The lowest BCUT2D eigenvalue weighted by atomic mass is 10.2. The highest BCUT2D eigenvalue weighted by Gasteiger charge is 2.15. The fraction of sp³-hybridized carbons (Fsp3) is 0.538. The van der Waals surface area contributed by atoms with E-state index in [-0.39, 0.29) is 24.1 Å². The summed E-state index contributed by atoms with van der Waals surface area (Å²) in [6, 6.07) is 3.09. The molecule has 1 heterocycles. The summed E-state index contributed by atoms with van der Waals surface area (Å²) in [5.74, 6) is -0.0800. The van der Waals surface area contributed by atoms with E-state index in [0.29, 0.717) is 5.69 Å². The van der Waals surface area contributed by atoms with Crippen LogP contribution >= 0.6 is 0 Å². The van der Waals surface area contributed by atoms with Gasteiger partial charge in [-0.2, -0.15) is 0 Å². The van der Waals surface area contributed by atoms with Gasteiger partial charge < -0.3 is 15.2 Å². The van der Waals surface area contributed by atoms with Crippen molar-refractivity contribution < 1.29 is 4.79 Å². The molecule has 0 aromatic carbocycles. The Morgan fingerprint density at radius 2 is 2.17 bits per heavy atom. The van der Waals surface area contributed by atoms with Gasteiger partial charge in [-0.05, 0) is 19.4 Å². The van der Waals surface area contributed by atoms with Gasteiger partial charge in [0.15, 0.2) is 0 Å². The number of amides is 1. The minimum atomic E-state index is -0.214. The van der Waals surface area contributed by atoms with Crippen LogP contribution < -0.4 is 11.3 Å². The summed E-state index contributed by atoms with van der Waals surface area (Å²) in [5.41, 5.74) is 5.87. The van der Waals surface area contributed by atoms with Crippen molar-refractivity contribution in [3.05, 3.63) is 28.7 Å². The monoisotopic (exact) mass is 251 g/mol. The van der Waals surface area contributed by atoms with Gasteiger partial charge in [0, 0.05) is 31.0 Å². The predicted molar refractivity (Wildman–Crippen MR) is 72.3 cm³/mol. The Balaban J connectivity index is 2.75. The van der Waals surface area contributed by atoms with E-state index in [1.54, 1.807) is 11.9 Å². The van der Waals surface area contributed by atoms with E-state index in [9.17, 15) is 9.59 Å². The van der Waals surface area contributed by atoms with Gasteiger partial charge in [-0.1, -0.05) is 13.3 Å². The van der Waals surface area contributed by atoms with Gasteiger partial charge in [0.1, 0.15) is 6.54 Å². The first-order valence-corrected chi connectivity index (χ1v) is 6.17. The molecule has 100 valence electrons.